The molecule has 0 aromatic rings. The minimum absolute atomic E-state index is 0.190. The van der Waals surface area contributed by atoms with Gasteiger partial charge in [0, 0.05) is 25.7 Å². The molecule has 1 aliphatic heterocycles. The van der Waals surface area contributed by atoms with Crippen LogP contribution in [0.4, 0.5) is 0 Å². The second-order valence-electron chi connectivity index (χ2n) is 4.64. The van der Waals surface area contributed by atoms with E-state index in [-0.39, 0.29) is 18.8 Å². The summed E-state index contributed by atoms with van der Waals surface area (Å²) in [5, 5.41) is 18.5. The Hall–Kier alpha value is -0.160. The largest absolute Gasteiger partial charge is 0.395 e. The average molecular weight is 216 g/mol. The van der Waals surface area contributed by atoms with E-state index in [1.165, 1.54) is 0 Å². The fraction of sp³-hybridized carbons (Fsp3) is 1.00. The van der Waals surface area contributed by atoms with Gasteiger partial charge < -0.3 is 15.9 Å². The zero-order valence-corrected chi connectivity index (χ0v) is 9.60. The van der Waals surface area contributed by atoms with Crippen LogP contribution in [0.3, 0.4) is 0 Å². The lowest BCUT2D eigenvalue weighted by Gasteiger charge is -2.36. The van der Waals surface area contributed by atoms with Crippen LogP contribution in [0.2, 0.25) is 0 Å². The standard InChI is InChI=1S/C11H24N2O2/c1-2-11(15)6-9-5-10(12)8-13(7-9)3-4-14/h9-11,14-15H,2-8,12H2,1H3. The summed E-state index contributed by atoms with van der Waals surface area (Å²) < 4.78 is 0. The summed E-state index contributed by atoms with van der Waals surface area (Å²) in [5.41, 5.74) is 5.96. The number of aliphatic hydroxyl groups excluding tert-OH is 2. The zero-order valence-electron chi connectivity index (χ0n) is 9.60. The highest BCUT2D eigenvalue weighted by atomic mass is 16.3. The van der Waals surface area contributed by atoms with Crippen LogP contribution >= 0.6 is 0 Å². The van der Waals surface area contributed by atoms with E-state index in [0.29, 0.717) is 12.5 Å². The first kappa shape index (κ1) is 12.9. The van der Waals surface area contributed by atoms with Crippen LogP contribution in [-0.4, -0.2) is 53.5 Å². The number of piperidine rings is 1. The van der Waals surface area contributed by atoms with Gasteiger partial charge >= 0.3 is 0 Å². The van der Waals surface area contributed by atoms with Gasteiger partial charge in [-0.2, -0.15) is 0 Å². The predicted molar refractivity (Wildman–Crippen MR) is 60.5 cm³/mol. The highest BCUT2D eigenvalue weighted by Crippen LogP contribution is 2.21. The molecule has 3 unspecified atom stereocenters. The molecular weight excluding hydrogens is 192 g/mol. The van der Waals surface area contributed by atoms with Gasteiger partial charge in [0.25, 0.3) is 0 Å². The molecule has 15 heavy (non-hydrogen) atoms. The van der Waals surface area contributed by atoms with Crippen molar-refractivity contribution < 1.29 is 10.2 Å². The van der Waals surface area contributed by atoms with Gasteiger partial charge in [0.15, 0.2) is 0 Å². The molecule has 0 radical (unpaired) electrons. The van der Waals surface area contributed by atoms with E-state index >= 15 is 0 Å². The van der Waals surface area contributed by atoms with Crippen LogP contribution in [0.15, 0.2) is 0 Å². The molecule has 0 amide bonds. The van der Waals surface area contributed by atoms with Crippen molar-refractivity contribution in [2.75, 3.05) is 26.2 Å². The molecule has 4 N–H and O–H groups in total. The first-order valence-electron chi connectivity index (χ1n) is 5.92. The molecule has 1 rings (SSSR count). The van der Waals surface area contributed by atoms with E-state index in [2.05, 4.69) is 4.90 Å². The molecule has 0 bridgehead atoms. The Morgan fingerprint density at radius 1 is 1.47 bits per heavy atom. The topological polar surface area (TPSA) is 69.7 Å². The summed E-state index contributed by atoms with van der Waals surface area (Å²) in [5.74, 6) is 0.482. The number of likely N-dealkylation sites (tertiary alicyclic amines) is 1. The van der Waals surface area contributed by atoms with Crippen LogP contribution in [0.5, 0.6) is 0 Å². The molecule has 1 saturated heterocycles. The Bertz CT molecular complexity index is 178. The monoisotopic (exact) mass is 216 g/mol. The average Bonchev–Trinajstić information content (AvgIpc) is 2.17. The third-order valence-corrected chi connectivity index (χ3v) is 3.14. The number of hydrogen-bond donors (Lipinski definition) is 3. The van der Waals surface area contributed by atoms with E-state index in [0.717, 1.165) is 32.4 Å². The second kappa shape index (κ2) is 6.43. The number of aliphatic hydroxyl groups is 2. The maximum absolute atomic E-state index is 9.60. The Kier molecular flexibility index (Phi) is 5.53. The lowest BCUT2D eigenvalue weighted by Crippen LogP contribution is -2.48. The molecular formula is C11H24N2O2. The maximum Gasteiger partial charge on any atom is 0.0558 e. The first-order chi connectivity index (χ1) is 7.15. The predicted octanol–water partition coefficient (Wildman–Crippen LogP) is -0.211. The van der Waals surface area contributed by atoms with E-state index in [4.69, 9.17) is 10.8 Å². The molecule has 4 heteroatoms. The molecule has 0 aromatic heterocycles. The summed E-state index contributed by atoms with van der Waals surface area (Å²) >= 11 is 0. The van der Waals surface area contributed by atoms with Gasteiger partial charge in [-0.05, 0) is 25.2 Å². The van der Waals surface area contributed by atoms with Crippen LogP contribution in [-0.2, 0) is 0 Å². The lowest BCUT2D eigenvalue weighted by atomic mass is 9.89. The Labute approximate surface area is 92.1 Å². The molecule has 3 atom stereocenters. The third kappa shape index (κ3) is 4.47. The number of hydrogen-bond acceptors (Lipinski definition) is 4. The van der Waals surface area contributed by atoms with Crippen LogP contribution in [0, 0.1) is 5.92 Å². The molecule has 0 spiro atoms. The summed E-state index contributed by atoms with van der Waals surface area (Å²) in [6, 6.07) is 0.194. The molecule has 0 saturated carbocycles. The Morgan fingerprint density at radius 2 is 2.20 bits per heavy atom. The summed E-state index contributed by atoms with van der Waals surface area (Å²) in [6.45, 7) is 4.73. The van der Waals surface area contributed by atoms with Crippen molar-refractivity contribution in [2.24, 2.45) is 11.7 Å². The van der Waals surface area contributed by atoms with Gasteiger partial charge in [0.05, 0.1) is 12.7 Å². The highest BCUT2D eigenvalue weighted by molar-refractivity contribution is 4.82. The van der Waals surface area contributed by atoms with Crippen molar-refractivity contribution in [1.82, 2.24) is 4.90 Å². The van der Waals surface area contributed by atoms with Crippen molar-refractivity contribution >= 4 is 0 Å². The summed E-state index contributed by atoms with van der Waals surface area (Å²) in [6.07, 6.45) is 2.45. The minimum Gasteiger partial charge on any atom is -0.395 e. The van der Waals surface area contributed by atoms with Crippen molar-refractivity contribution in [3.63, 3.8) is 0 Å². The van der Waals surface area contributed by atoms with Gasteiger partial charge in [-0.25, -0.2) is 0 Å². The second-order valence-corrected chi connectivity index (χ2v) is 4.64. The number of rotatable bonds is 5. The fourth-order valence-corrected chi connectivity index (χ4v) is 2.39. The van der Waals surface area contributed by atoms with Crippen molar-refractivity contribution in [2.45, 2.75) is 38.3 Å². The van der Waals surface area contributed by atoms with Crippen molar-refractivity contribution in [3.8, 4) is 0 Å². The van der Waals surface area contributed by atoms with Crippen LogP contribution in [0.1, 0.15) is 26.2 Å². The van der Waals surface area contributed by atoms with Crippen molar-refractivity contribution in [3.05, 3.63) is 0 Å². The van der Waals surface area contributed by atoms with Crippen molar-refractivity contribution in [1.29, 1.82) is 0 Å². The number of β-amino-alcohol motifs (C(OH)–C–C–N with tert-alkyl or cyclic N) is 1. The maximum atomic E-state index is 9.60. The normalized spacial score (nSPS) is 30.4. The number of nitrogens with two attached hydrogens (primary N) is 1. The van der Waals surface area contributed by atoms with E-state index in [9.17, 15) is 5.11 Å². The zero-order chi connectivity index (χ0) is 11.3. The summed E-state index contributed by atoms with van der Waals surface area (Å²) in [4.78, 5) is 2.20. The highest BCUT2D eigenvalue weighted by Gasteiger charge is 2.25. The molecule has 1 heterocycles. The summed E-state index contributed by atoms with van der Waals surface area (Å²) in [7, 11) is 0. The SMILES string of the molecule is CCC(O)CC1CC(N)CN(CCO)C1. The van der Waals surface area contributed by atoms with Crippen LogP contribution in [0.25, 0.3) is 0 Å². The molecule has 0 aromatic carbocycles. The molecule has 1 fully saturated rings. The quantitative estimate of drug-likeness (QED) is 0.595. The van der Waals surface area contributed by atoms with Crippen LogP contribution < -0.4 is 5.73 Å². The lowest BCUT2D eigenvalue weighted by molar-refractivity contribution is 0.0817. The first-order valence-corrected chi connectivity index (χ1v) is 5.92. The molecule has 4 nitrogen and oxygen atoms in total. The fourth-order valence-electron chi connectivity index (χ4n) is 2.39. The minimum atomic E-state index is -0.198. The van der Waals surface area contributed by atoms with Gasteiger partial charge in [0.1, 0.15) is 0 Å². The Balaban J connectivity index is 2.37. The third-order valence-electron chi connectivity index (χ3n) is 3.14. The molecule has 90 valence electrons. The smallest absolute Gasteiger partial charge is 0.0558 e. The van der Waals surface area contributed by atoms with Gasteiger partial charge in [-0.15, -0.1) is 0 Å². The molecule has 1 aliphatic rings. The number of nitrogens with zero attached hydrogens (tertiary/aromatic N) is 1. The van der Waals surface area contributed by atoms with Gasteiger partial charge in [0.2, 0.25) is 0 Å². The van der Waals surface area contributed by atoms with E-state index in [1.807, 2.05) is 6.92 Å². The molecule has 0 aliphatic carbocycles. The van der Waals surface area contributed by atoms with Gasteiger partial charge in [-0.3, -0.25) is 4.90 Å². The van der Waals surface area contributed by atoms with E-state index < -0.39 is 0 Å². The Morgan fingerprint density at radius 3 is 2.80 bits per heavy atom. The van der Waals surface area contributed by atoms with Gasteiger partial charge in [-0.1, -0.05) is 6.92 Å². The van der Waals surface area contributed by atoms with E-state index in [1.54, 1.807) is 0 Å².